The molecule has 1 amide bonds. The molecule has 0 unspecified atom stereocenters. The first-order valence-electron chi connectivity index (χ1n) is 9.78. The number of rotatable bonds is 4. The zero-order chi connectivity index (χ0) is 18.8. The molecule has 4 heterocycles. The van der Waals surface area contributed by atoms with E-state index >= 15 is 0 Å². The Hall–Kier alpha value is -2.48. The molecule has 3 N–H and O–H groups in total. The topological polar surface area (TPSA) is 98.8 Å². The molecular weight excluding hydrogens is 342 g/mol. The highest BCUT2D eigenvalue weighted by Gasteiger charge is 2.35. The van der Waals surface area contributed by atoms with Crippen LogP contribution in [0.5, 0.6) is 0 Å². The number of carbonyl (C=O) groups excluding carboxylic acids is 1. The Kier molecular flexibility index (Phi) is 5.07. The number of anilines is 2. The summed E-state index contributed by atoms with van der Waals surface area (Å²) in [6.45, 7) is 5.56. The van der Waals surface area contributed by atoms with Gasteiger partial charge in [-0.3, -0.25) is 9.89 Å². The highest BCUT2D eigenvalue weighted by molar-refractivity contribution is 5.82. The van der Waals surface area contributed by atoms with Gasteiger partial charge in [0.25, 0.3) is 0 Å². The molecule has 144 valence electrons. The molecule has 8 nitrogen and oxygen atoms in total. The summed E-state index contributed by atoms with van der Waals surface area (Å²) < 4.78 is 0. The average Bonchev–Trinajstić information content (AvgIpc) is 3.30. The highest BCUT2D eigenvalue weighted by Crippen LogP contribution is 2.33. The Balaban J connectivity index is 1.55. The number of piperidine rings is 1. The quantitative estimate of drug-likeness (QED) is 0.765. The predicted molar refractivity (Wildman–Crippen MR) is 103 cm³/mol. The first kappa shape index (κ1) is 17.9. The zero-order valence-corrected chi connectivity index (χ0v) is 16.0. The summed E-state index contributed by atoms with van der Waals surface area (Å²) in [7, 11) is 0. The van der Waals surface area contributed by atoms with Crippen molar-refractivity contribution in [2.45, 2.75) is 58.0 Å². The van der Waals surface area contributed by atoms with Gasteiger partial charge in [0.1, 0.15) is 11.6 Å². The van der Waals surface area contributed by atoms with Gasteiger partial charge >= 0.3 is 0 Å². The normalized spacial score (nSPS) is 22.8. The number of aromatic nitrogens is 4. The molecule has 4 rings (SSSR count). The molecule has 2 aromatic rings. The van der Waals surface area contributed by atoms with Gasteiger partial charge < -0.3 is 15.5 Å². The third kappa shape index (κ3) is 3.95. The number of H-pyrrole nitrogens is 1. The van der Waals surface area contributed by atoms with Crippen molar-refractivity contribution in [2.24, 2.45) is 0 Å². The Labute approximate surface area is 159 Å². The maximum Gasteiger partial charge on any atom is 0.240 e. The van der Waals surface area contributed by atoms with Crippen molar-refractivity contribution in [2.75, 3.05) is 18.4 Å². The number of aromatic amines is 1. The molecule has 2 saturated heterocycles. The lowest BCUT2D eigenvalue weighted by Gasteiger charge is -2.31. The molecule has 8 heteroatoms. The van der Waals surface area contributed by atoms with Crippen molar-refractivity contribution in [3.8, 4) is 0 Å². The minimum absolute atomic E-state index is 0.0180. The maximum atomic E-state index is 13.0. The van der Waals surface area contributed by atoms with Crippen LogP contribution in [0.4, 0.5) is 11.6 Å². The number of hydrogen-bond acceptors (Lipinski definition) is 6. The van der Waals surface area contributed by atoms with E-state index in [-0.39, 0.29) is 18.0 Å². The van der Waals surface area contributed by atoms with Crippen molar-refractivity contribution in [1.29, 1.82) is 0 Å². The van der Waals surface area contributed by atoms with Crippen LogP contribution in [0.25, 0.3) is 0 Å². The van der Waals surface area contributed by atoms with Gasteiger partial charge in [-0.15, -0.1) is 0 Å². The van der Waals surface area contributed by atoms with Crippen LogP contribution < -0.4 is 10.6 Å². The first-order valence-corrected chi connectivity index (χ1v) is 9.78. The smallest absolute Gasteiger partial charge is 0.240 e. The van der Waals surface area contributed by atoms with Gasteiger partial charge in [0.15, 0.2) is 5.82 Å². The molecule has 27 heavy (non-hydrogen) atoms. The zero-order valence-electron chi connectivity index (χ0n) is 16.0. The van der Waals surface area contributed by atoms with Crippen molar-refractivity contribution in [3.05, 3.63) is 29.3 Å². The second kappa shape index (κ2) is 7.64. The van der Waals surface area contributed by atoms with Gasteiger partial charge in [0.2, 0.25) is 5.91 Å². The molecule has 2 aliphatic rings. The van der Waals surface area contributed by atoms with Gasteiger partial charge in [0, 0.05) is 24.4 Å². The number of amides is 1. The van der Waals surface area contributed by atoms with E-state index in [0.717, 1.165) is 62.4 Å². The van der Waals surface area contributed by atoms with Gasteiger partial charge in [-0.2, -0.15) is 5.10 Å². The summed E-state index contributed by atoms with van der Waals surface area (Å²) in [6.07, 6.45) is 5.14. The second-order valence-electron chi connectivity index (χ2n) is 7.48. The van der Waals surface area contributed by atoms with E-state index < -0.39 is 0 Å². The van der Waals surface area contributed by atoms with E-state index in [1.54, 1.807) is 0 Å². The van der Waals surface area contributed by atoms with Crippen LogP contribution in [0.15, 0.2) is 12.1 Å². The molecule has 2 aliphatic heterocycles. The molecule has 2 atom stereocenters. The molecule has 0 saturated carbocycles. The number of hydrogen-bond donors (Lipinski definition) is 3. The number of carbonyl (C=O) groups is 1. The molecule has 2 fully saturated rings. The van der Waals surface area contributed by atoms with Crippen molar-refractivity contribution >= 4 is 17.5 Å². The summed E-state index contributed by atoms with van der Waals surface area (Å²) in [5.41, 5.74) is 1.88. The Bertz CT molecular complexity index is 812. The lowest BCUT2D eigenvalue weighted by Crippen LogP contribution is -2.48. The van der Waals surface area contributed by atoms with Gasteiger partial charge in [0.05, 0.1) is 17.8 Å². The average molecular weight is 369 g/mol. The van der Waals surface area contributed by atoms with Crippen LogP contribution in [0.3, 0.4) is 0 Å². The molecule has 0 bridgehead atoms. The maximum absolute atomic E-state index is 13.0. The predicted octanol–water partition coefficient (Wildman–Crippen LogP) is 2.37. The number of nitrogens with one attached hydrogen (secondary N) is 3. The van der Waals surface area contributed by atoms with Crippen LogP contribution in [-0.2, 0) is 4.79 Å². The highest BCUT2D eigenvalue weighted by atomic mass is 16.2. The minimum atomic E-state index is -0.0492. The van der Waals surface area contributed by atoms with E-state index in [2.05, 4.69) is 30.8 Å². The second-order valence-corrected chi connectivity index (χ2v) is 7.48. The van der Waals surface area contributed by atoms with E-state index in [1.165, 1.54) is 0 Å². The summed E-state index contributed by atoms with van der Waals surface area (Å²) in [5.74, 6) is 2.34. The van der Waals surface area contributed by atoms with E-state index in [4.69, 9.17) is 0 Å². The Morgan fingerprint density at radius 1 is 1.15 bits per heavy atom. The molecule has 0 aliphatic carbocycles. The summed E-state index contributed by atoms with van der Waals surface area (Å²) in [5, 5.41) is 13.7. The van der Waals surface area contributed by atoms with E-state index in [1.807, 2.05) is 30.9 Å². The van der Waals surface area contributed by atoms with Gasteiger partial charge in [-0.05, 0) is 46.1 Å². The van der Waals surface area contributed by atoms with Crippen LogP contribution >= 0.6 is 0 Å². The summed E-state index contributed by atoms with van der Waals surface area (Å²) in [6, 6.07) is 3.84. The van der Waals surface area contributed by atoms with Crippen molar-refractivity contribution in [1.82, 2.24) is 30.4 Å². The van der Waals surface area contributed by atoms with Crippen LogP contribution in [0.1, 0.15) is 55.4 Å². The molecule has 0 spiro atoms. The molecule has 0 radical (unpaired) electrons. The number of likely N-dealkylation sites (tertiary alicyclic amines) is 1. The Morgan fingerprint density at radius 2 is 2.04 bits per heavy atom. The van der Waals surface area contributed by atoms with E-state index in [9.17, 15) is 4.79 Å². The fraction of sp³-hybridized carbons (Fsp3) is 0.579. The van der Waals surface area contributed by atoms with Crippen LogP contribution in [0.2, 0.25) is 0 Å². The third-order valence-electron chi connectivity index (χ3n) is 5.31. The molecule has 0 aromatic carbocycles. The fourth-order valence-electron chi connectivity index (χ4n) is 4.04. The number of aryl methyl sites for hydroxylation is 2. The molecular formula is C19H27N7O. The fourth-order valence-corrected chi connectivity index (χ4v) is 4.04. The van der Waals surface area contributed by atoms with Crippen LogP contribution in [0, 0.1) is 13.8 Å². The third-order valence-corrected chi connectivity index (χ3v) is 5.31. The van der Waals surface area contributed by atoms with Gasteiger partial charge in [-0.1, -0.05) is 6.42 Å². The van der Waals surface area contributed by atoms with Gasteiger partial charge in [-0.25, -0.2) is 9.97 Å². The molecule has 2 aromatic heterocycles. The minimum Gasteiger partial charge on any atom is -0.333 e. The lowest BCUT2D eigenvalue weighted by atomic mass is 10.0. The van der Waals surface area contributed by atoms with Crippen molar-refractivity contribution < 1.29 is 4.79 Å². The lowest BCUT2D eigenvalue weighted by molar-refractivity contribution is -0.135. The standard InChI is InChI=1S/C19H27N7O/c1-12-10-18(25-24-12)23-17-11-15(21-13(2)22-17)16-7-5-9-26(16)19(27)14-6-3-4-8-20-14/h10-11,14,16,20H,3-9H2,1-2H3,(H2,21,22,23,24,25)/t14-,16+/m1/s1. The monoisotopic (exact) mass is 369 g/mol. The largest absolute Gasteiger partial charge is 0.333 e. The SMILES string of the molecule is Cc1nc(Nc2cc(C)[nH]n2)cc([C@@H]2CCCN2C(=O)[C@H]2CCCCN2)n1. The van der Waals surface area contributed by atoms with Crippen molar-refractivity contribution in [3.63, 3.8) is 0 Å². The summed E-state index contributed by atoms with van der Waals surface area (Å²) in [4.78, 5) is 24.2. The Morgan fingerprint density at radius 3 is 2.78 bits per heavy atom. The first-order chi connectivity index (χ1) is 13.1. The van der Waals surface area contributed by atoms with E-state index in [0.29, 0.717) is 11.6 Å². The number of nitrogens with zero attached hydrogens (tertiary/aromatic N) is 4. The summed E-state index contributed by atoms with van der Waals surface area (Å²) >= 11 is 0. The van der Waals surface area contributed by atoms with Crippen LogP contribution in [-0.4, -0.2) is 50.1 Å².